The van der Waals surface area contributed by atoms with E-state index >= 15 is 0 Å². The number of halogens is 3. The zero-order valence-corrected chi connectivity index (χ0v) is 33.0. The molecule has 2 amide bonds. The third-order valence-electron chi connectivity index (χ3n) is 11.3. The van der Waals surface area contributed by atoms with Crippen LogP contribution in [-0.2, 0) is 26.8 Å². The van der Waals surface area contributed by atoms with Gasteiger partial charge in [0.1, 0.15) is 5.75 Å². The molecule has 2 atom stereocenters. The van der Waals surface area contributed by atoms with Gasteiger partial charge in [-0.15, -0.1) is 0 Å². The van der Waals surface area contributed by atoms with Gasteiger partial charge in [-0.2, -0.15) is 13.2 Å². The second kappa shape index (κ2) is 16.2. The van der Waals surface area contributed by atoms with E-state index in [1.807, 2.05) is 24.3 Å². The van der Waals surface area contributed by atoms with E-state index in [2.05, 4.69) is 80.0 Å². The van der Waals surface area contributed by atoms with E-state index in [4.69, 9.17) is 4.74 Å². The van der Waals surface area contributed by atoms with Gasteiger partial charge >= 0.3 is 24.2 Å². The third kappa shape index (κ3) is 9.56. The molecule has 0 radical (unpaired) electrons. The zero-order chi connectivity index (χ0) is 41.3. The molecule has 2 aliphatic rings. The summed E-state index contributed by atoms with van der Waals surface area (Å²) in [7, 11) is 3.82. The molecule has 2 unspecified atom stereocenters. The Morgan fingerprint density at radius 2 is 1.42 bits per heavy atom. The molecule has 4 aromatic rings. The Morgan fingerprint density at radius 3 is 2.07 bits per heavy atom. The van der Waals surface area contributed by atoms with Crippen molar-refractivity contribution in [2.24, 2.45) is 0 Å². The number of ether oxygens (including phenoxy) is 2. The highest BCUT2D eigenvalue weighted by Crippen LogP contribution is 2.49. The van der Waals surface area contributed by atoms with E-state index in [1.165, 1.54) is 23.3 Å². The average molecular weight is 784 g/mol. The number of anilines is 1. The van der Waals surface area contributed by atoms with Gasteiger partial charge in [-0.05, 0) is 114 Å². The van der Waals surface area contributed by atoms with Crippen molar-refractivity contribution in [3.63, 3.8) is 0 Å². The van der Waals surface area contributed by atoms with Crippen molar-refractivity contribution < 1.29 is 41.8 Å². The summed E-state index contributed by atoms with van der Waals surface area (Å²) in [5.74, 6) is -3.67. The first-order chi connectivity index (χ1) is 26.8. The quantitative estimate of drug-likeness (QED) is 0.120. The Balaban J connectivity index is 1.14. The topological polar surface area (TPSA) is 105 Å². The normalized spacial score (nSPS) is 17.9. The predicted molar refractivity (Wildman–Crippen MR) is 211 cm³/mol. The number of amides is 2. The van der Waals surface area contributed by atoms with Crippen molar-refractivity contribution in [2.75, 3.05) is 32.5 Å². The van der Waals surface area contributed by atoms with Crippen LogP contribution in [0.3, 0.4) is 0 Å². The number of alkyl halides is 3. The number of esters is 2. The fourth-order valence-electron chi connectivity index (χ4n) is 7.67. The van der Waals surface area contributed by atoms with Crippen LogP contribution in [0.25, 0.3) is 0 Å². The second-order valence-corrected chi connectivity index (χ2v) is 16.4. The number of hydrogen-bond acceptors (Lipinski definition) is 7. The van der Waals surface area contributed by atoms with Gasteiger partial charge in [0, 0.05) is 43.3 Å². The highest BCUT2D eigenvalue weighted by Gasteiger charge is 2.43. The smallest absolute Gasteiger partial charge is 0.410 e. The lowest BCUT2D eigenvalue weighted by molar-refractivity contribution is -0.193. The molecule has 1 fully saturated rings. The molecular weight excluding hydrogens is 736 g/mol. The van der Waals surface area contributed by atoms with Crippen molar-refractivity contribution in [3.8, 4) is 5.75 Å². The van der Waals surface area contributed by atoms with E-state index in [-0.39, 0.29) is 22.0 Å². The number of nitrogens with zero attached hydrogens (tertiary/aromatic N) is 2. The maximum Gasteiger partial charge on any atom is 0.491 e. The van der Waals surface area contributed by atoms with Gasteiger partial charge in [-0.3, -0.25) is 4.79 Å². The molecule has 1 saturated carbocycles. The lowest BCUT2D eigenvalue weighted by atomic mass is 9.61. The summed E-state index contributed by atoms with van der Waals surface area (Å²) in [6.45, 7) is 10.1. The Morgan fingerprint density at radius 1 is 0.789 bits per heavy atom. The van der Waals surface area contributed by atoms with Crippen LogP contribution < -0.4 is 10.1 Å². The lowest BCUT2D eigenvalue weighted by Crippen LogP contribution is -2.37. The molecule has 300 valence electrons. The van der Waals surface area contributed by atoms with E-state index in [9.17, 15) is 32.3 Å². The third-order valence-corrected chi connectivity index (χ3v) is 11.3. The first-order valence-electron chi connectivity index (χ1n) is 19.0. The van der Waals surface area contributed by atoms with Gasteiger partial charge in [-0.1, -0.05) is 76.2 Å². The highest BCUT2D eigenvalue weighted by atomic mass is 19.4. The molecule has 0 aliphatic heterocycles. The van der Waals surface area contributed by atoms with E-state index in [1.54, 1.807) is 24.1 Å². The van der Waals surface area contributed by atoms with Crippen LogP contribution in [0.5, 0.6) is 5.75 Å². The summed E-state index contributed by atoms with van der Waals surface area (Å²) in [5.41, 5.74) is 5.64. The van der Waals surface area contributed by atoms with Crippen molar-refractivity contribution in [2.45, 2.75) is 82.3 Å². The minimum absolute atomic E-state index is 0.110. The molecule has 9 nitrogen and oxygen atoms in total. The van der Waals surface area contributed by atoms with Gasteiger partial charge in [0.05, 0.1) is 5.56 Å². The van der Waals surface area contributed by atoms with E-state index in [0.717, 1.165) is 54.6 Å². The van der Waals surface area contributed by atoms with Crippen molar-refractivity contribution >= 4 is 29.6 Å². The minimum atomic E-state index is -5.32. The number of carbonyl (C=O) groups excluding carboxylic acids is 4. The van der Waals surface area contributed by atoms with Crippen LogP contribution in [-0.4, -0.2) is 73.1 Å². The Kier molecular flexibility index (Phi) is 11.7. The molecule has 6 rings (SSSR count). The van der Waals surface area contributed by atoms with Crippen LogP contribution in [0.1, 0.15) is 101 Å². The van der Waals surface area contributed by atoms with Crippen molar-refractivity contribution in [3.05, 3.63) is 130 Å². The van der Waals surface area contributed by atoms with Crippen LogP contribution >= 0.6 is 0 Å². The Bertz CT molecular complexity index is 2130. The number of benzene rings is 4. The van der Waals surface area contributed by atoms with Gasteiger partial charge < -0.3 is 24.6 Å². The summed E-state index contributed by atoms with van der Waals surface area (Å²) in [4.78, 5) is 53.7. The summed E-state index contributed by atoms with van der Waals surface area (Å²) in [6, 6.07) is 27.0. The molecule has 12 heteroatoms. The molecule has 57 heavy (non-hydrogen) atoms. The summed E-state index contributed by atoms with van der Waals surface area (Å²) in [6.07, 6.45) is -2.29. The fourth-order valence-corrected chi connectivity index (χ4v) is 7.67. The Hall–Kier alpha value is -5.49. The number of carbonyl (C=O) groups is 4. The second-order valence-electron chi connectivity index (χ2n) is 16.4. The number of rotatable bonds is 11. The van der Waals surface area contributed by atoms with Crippen LogP contribution in [0.15, 0.2) is 91.0 Å². The van der Waals surface area contributed by atoms with Gasteiger partial charge in [-0.25, -0.2) is 14.4 Å². The number of hydrogen-bond donors (Lipinski definition) is 1. The molecular formula is C45H48F3N3O6. The molecule has 0 heterocycles. The molecule has 0 saturated heterocycles. The van der Waals surface area contributed by atoms with Gasteiger partial charge in [0.2, 0.25) is 0 Å². The summed E-state index contributed by atoms with van der Waals surface area (Å²) >= 11 is 0. The van der Waals surface area contributed by atoms with Gasteiger partial charge in [0.15, 0.2) is 0 Å². The predicted octanol–water partition coefficient (Wildman–Crippen LogP) is 9.04. The maximum atomic E-state index is 13.6. The van der Waals surface area contributed by atoms with Crippen LogP contribution in [0.2, 0.25) is 0 Å². The van der Waals surface area contributed by atoms with E-state index < -0.39 is 30.1 Å². The number of nitrogens with one attached hydrogen (secondary N) is 1. The summed E-state index contributed by atoms with van der Waals surface area (Å²) < 4.78 is 47.3. The first-order valence-corrected chi connectivity index (χ1v) is 19.0. The molecule has 2 aliphatic carbocycles. The number of fused-ring (bicyclic) bond motifs is 1. The minimum Gasteiger partial charge on any atom is -0.410 e. The fraction of sp³-hybridized carbons (Fsp3) is 0.378. The summed E-state index contributed by atoms with van der Waals surface area (Å²) in [5, 5.41) is 3.02. The SMILES string of the molecule is CN(CCN(C)C1CC1c1ccccc1)C(=O)Oc1ccc(Cc2c(NC(=O)c3ccc(C(=O)OC(=O)C(F)(F)F)cc3)ccc3c2C(C)(C)CCC3(C)C)cc1. The van der Waals surface area contributed by atoms with Gasteiger partial charge in [0.25, 0.3) is 5.91 Å². The largest absolute Gasteiger partial charge is 0.491 e. The molecule has 0 aromatic heterocycles. The maximum absolute atomic E-state index is 13.6. The first kappa shape index (κ1) is 41.2. The number of likely N-dealkylation sites (N-methyl/N-ethyl adjacent to an activating group) is 2. The van der Waals surface area contributed by atoms with Crippen LogP contribution in [0.4, 0.5) is 23.7 Å². The molecule has 4 aromatic carbocycles. The van der Waals surface area contributed by atoms with Crippen molar-refractivity contribution in [1.82, 2.24) is 9.80 Å². The van der Waals surface area contributed by atoms with Crippen LogP contribution in [0, 0.1) is 0 Å². The Labute approximate surface area is 331 Å². The standard InChI is InChI=1S/C45H48F3N3O6/c1-43(2)22-23-44(3,4)38-34(36(21-20-35(38)43)49-39(52)30-14-16-31(17-15-30)40(53)57-41(54)45(46,47)48)26-28-12-18-32(19-13-28)56-42(55)51(6)25-24-50(5)37-27-33(37)29-10-8-7-9-11-29/h7-21,33,37H,22-27H2,1-6H3,(H,49,52). The van der Waals surface area contributed by atoms with Crippen molar-refractivity contribution in [1.29, 1.82) is 0 Å². The average Bonchev–Trinajstić information content (AvgIpc) is 3.98. The highest BCUT2D eigenvalue weighted by molar-refractivity contribution is 6.06. The molecule has 0 spiro atoms. The zero-order valence-electron chi connectivity index (χ0n) is 33.0. The van der Waals surface area contributed by atoms with E-state index in [0.29, 0.717) is 36.4 Å². The lowest BCUT2D eigenvalue weighted by Gasteiger charge is -2.43. The molecule has 1 N–H and O–H groups in total. The monoisotopic (exact) mass is 783 g/mol. The molecule has 0 bridgehead atoms.